The van der Waals surface area contributed by atoms with Gasteiger partial charge in [0.15, 0.2) is 0 Å². The normalized spacial score (nSPS) is 36.5. The SMILES string of the molecule is CC(C)CCC[C@@H](C)C1CC[C@H]2C(=O)CCC[C@]12C.CC(C)CCC[C@H](C)C1CC[C@H]2C(=O)CCC[C@]12C.CC(C)[C@@H](C)/C=C/[C@@H](C)C1CC[C@H]2C(=O)CCC[C@]12C.C[C@@H](CCCC(C)(C)O)C1CC[C@H]2C(=O)CCC[C@]12C.C[C@H](/C=C/[C@H](C)C(C)(C)O)C1CC[C@H]2C(=O)CCC[C@]12C.C[C@H](CCCC(C)(C)O)C1CC[C@H]2C(=O)CCC[C@]12C. The molecule has 0 aromatic carbocycles. The highest BCUT2D eigenvalue weighted by atomic mass is 16.3. The van der Waals surface area contributed by atoms with E-state index in [-0.39, 0.29) is 27.6 Å². The number of allylic oxidation sites excluding steroid dienone is 3. The van der Waals surface area contributed by atoms with Gasteiger partial charge in [0.05, 0.1) is 16.8 Å². The maximum absolute atomic E-state index is 12.2. The van der Waals surface area contributed by atoms with Crippen LogP contribution in [-0.2, 0) is 28.8 Å². The maximum Gasteiger partial charge on any atom is 0.136 e. The van der Waals surface area contributed by atoms with Crippen LogP contribution in [0, 0.1) is 169 Å². The van der Waals surface area contributed by atoms with Crippen molar-refractivity contribution in [2.45, 2.75) is 466 Å². The second-order valence-corrected chi connectivity index (χ2v) is 48.4. The van der Waals surface area contributed by atoms with E-state index in [9.17, 15) is 44.1 Å². The minimum atomic E-state index is -0.668. The predicted octanol–water partition coefficient (Wildman–Crippen LogP) is 28.8. The van der Waals surface area contributed by atoms with Crippen molar-refractivity contribution in [3.05, 3.63) is 24.3 Å². The van der Waals surface area contributed by atoms with Gasteiger partial charge < -0.3 is 15.3 Å². The number of carbonyl (C=O) groups is 6. The lowest BCUT2D eigenvalue weighted by Gasteiger charge is -2.42. The van der Waals surface area contributed by atoms with Gasteiger partial charge in [0.1, 0.15) is 34.7 Å². The summed E-state index contributed by atoms with van der Waals surface area (Å²) in [5.41, 5.74) is -0.0479. The largest absolute Gasteiger partial charge is 0.390 e. The lowest BCUT2D eigenvalue weighted by Crippen LogP contribution is -2.39. The van der Waals surface area contributed by atoms with E-state index < -0.39 is 16.8 Å². The van der Waals surface area contributed by atoms with Crippen molar-refractivity contribution in [1.82, 2.24) is 0 Å². The fourth-order valence-electron chi connectivity index (χ4n) is 28.9. The number of rotatable bonds is 28. The Kier molecular flexibility index (Phi) is 38.6. The fourth-order valence-corrected chi connectivity index (χ4v) is 28.9. The van der Waals surface area contributed by atoms with Crippen molar-refractivity contribution in [2.24, 2.45) is 169 Å². The summed E-state index contributed by atoms with van der Waals surface area (Å²) in [6, 6.07) is 0. The molecule has 0 radical (unpaired) electrons. The third kappa shape index (κ3) is 26.8. The molecule has 0 aromatic heterocycles. The van der Waals surface area contributed by atoms with Crippen LogP contribution in [0.5, 0.6) is 0 Å². The van der Waals surface area contributed by atoms with Crippen LogP contribution in [-0.4, -0.2) is 66.8 Å². The molecule has 0 heterocycles. The van der Waals surface area contributed by atoms with Crippen LogP contribution in [0.4, 0.5) is 0 Å². The smallest absolute Gasteiger partial charge is 0.136 e. The van der Waals surface area contributed by atoms with Gasteiger partial charge in [-0.3, -0.25) is 28.8 Å². The van der Waals surface area contributed by atoms with E-state index in [2.05, 4.69) is 163 Å². The van der Waals surface area contributed by atoms with Crippen molar-refractivity contribution in [2.75, 3.05) is 0 Å². The van der Waals surface area contributed by atoms with Crippen LogP contribution in [0.25, 0.3) is 0 Å². The first-order chi connectivity index (χ1) is 55.4. The van der Waals surface area contributed by atoms with E-state index in [1.165, 1.54) is 141 Å². The predicted molar refractivity (Wildman–Crippen MR) is 499 cm³/mol. The van der Waals surface area contributed by atoms with Gasteiger partial charge in [-0.1, -0.05) is 227 Å². The first-order valence-electron chi connectivity index (χ1n) is 51.1. The van der Waals surface area contributed by atoms with Crippen LogP contribution >= 0.6 is 0 Å². The summed E-state index contributed by atoms with van der Waals surface area (Å²) in [7, 11) is 0. The molecular weight excluding hydrogens is 1470 g/mol. The standard InChI is InChI=1S/C19H32O2.C19H32O.2C18H32O2.2C18H32O/c1-13(8-9-14(2)18(3,4)21)15-10-11-16-17(20)7-6-12-19(15,16)5;1-13(2)14(3)8-9-15(4)16-10-11-17-18(20)7-6-12-19(16,17)5;2*1-13(7-5-11-17(2,3)20)14-9-10-15-16(19)8-6-12-18(14,15)4;2*1-13(2)7-5-8-14(3)15-10-11-16-17(19)9-6-12-18(15,16)4/h8-9,13-16,21H,6-7,10-12H2,1-5H3;8-9,13-17H,6-7,10-12H2,1-5H3;2*13-15,20H,5-12H2,1-4H3;2*13-16H,5-12H2,1-4H3/b2*9-8+;;;;/t13-,14+,15?,16+,19-;14-,15+,16?,17-,19+;13-,14?,15+,18-;13-,14?,15-,18+;14-,15?,16+,18-;14-,15?,16-,18+/m101010/s1. The molecule has 26 atom stereocenters. The highest BCUT2D eigenvalue weighted by molar-refractivity contribution is 5.85. The topological polar surface area (TPSA) is 163 Å². The molecule has 686 valence electrons. The van der Waals surface area contributed by atoms with E-state index in [0.717, 1.165) is 164 Å². The van der Waals surface area contributed by atoms with E-state index in [0.29, 0.717) is 140 Å². The zero-order valence-corrected chi connectivity index (χ0v) is 82.6. The lowest BCUT2D eigenvalue weighted by molar-refractivity contribution is -0.131. The third-order valence-electron chi connectivity index (χ3n) is 37.0. The van der Waals surface area contributed by atoms with Gasteiger partial charge in [-0.2, -0.15) is 0 Å². The Hall–Kier alpha value is -2.62. The fraction of sp³-hybridized carbons (Fsp3) is 0.909. The molecule has 0 bridgehead atoms. The molecule has 0 spiro atoms. The summed E-state index contributed by atoms with van der Waals surface area (Å²) in [5.74, 6) is 17.0. The van der Waals surface area contributed by atoms with Crippen LogP contribution in [0.3, 0.4) is 0 Å². The van der Waals surface area contributed by atoms with Crippen molar-refractivity contribution in [1.29, 1.82) is 0 Å². The molecular formula is C110H192O9. The van der Waals surface area contributed by atoms with Crippen LogP contribution in [0.2, 0.25) is 0 Å². The van der Waals surface area contributed by atoms with Crippen LogP contribution < -0.4 is 0 Å². The van der Waals surface area contributed by atoms with Gasteiger partial charge in [0, 0.05) is 80.0 Å². The molecule has 0 aromatic rings. The highest BCUT2D eigenvalue weighted by Gasteiger charge is 2.58. The molecule has 6 unspecified atom stereocenters. The second-order valence-electron chi connectivity index (χ2n) is 48.4. The van der Waals surface area contributed by atoms with E-state index in [1.54, 1.807) is 0 Å². The number of carbonyl (C=O) groups excluding carboxylic acids is 6. The van der Waals surface area contributed by atoms with Crippen LogP contribution in [0.1, 0.15) is 450 Å². The number of hydrogen-bond acceptors (Lipinski definition) is 9. The molecule has 3 N–H and O–H groups in total. The summed E-state index contributed by atoms with van der Waals surface area (Å²) in [5, 5.41) is 29.7. The molecule has 119 heavy (non-hydrogen) atoms. The lowest BCUT2D eigenvalue weighted by atomic mass is 9.62. The zero-order chi connectivity index (χ0) is 88.8. The van der Waals surface area contributed by atoms with E-state index in [1.807, 2.05) is 41.5 Å². The second kappa shape index (κ2) is 44.4. The Morgan fingerprint density at radius 2 is 0.521 bits per heavy atom. The van der Waals surface area contributed by atoms with Crippen molar-refractivity contribution in [3.63, 3.8) is 0 Å². The molecule has 12 saturated carbocycles. The molecule has 0 saturated heterocycles. The Bertz CT molecular complexity index is 3100. The zero-order valence-electron chi connectivity index (χ0n) is 82.6. The number of fused-ring (bicyclic) bond motifs is 6. The molecule has 0 amide bonds. The van der Waals surface area contributed by atoms with Gasteiger partial charge in [0.2, 0.25) is 0 Å². The van der Waals surface area contributed by atoms with Crippen molar-refractivity contribution >= 4 is 34.7 Å². The molecule has 12 fully saturated rings. The quantitative estimate of drug-likeness (QED) is 0.0647. The third-order valence-corrected chi connectivity index (χ3v) is 37.0. The van der Waals surface area contributed by atoms with Gasteiger partial charge in [-0.15, -0.1) is 0 Å². The summed E-state index contributed by atoms with van der Waals surface area (Å²) in [6.07, 6.45) is 57.2. The van der Waals surface area contributed by atoms with Crippen LogP contribution in [0.15, 0.2) is 24.3 Å². The Balaban J connectivity index is 0.000000197. The summed E-state index contributed by atoms with van der Waals surface area (Å²) >= 11 is 0. The summed E-state index contributed by atoms with van der Waals surface area (Å²) in [6.45, 7) is 58.1. The molecule has 9 heteroatoms. The number of hydrogen-bond donors (Lipinski definition) is 3. The molecule has 12 aliphatic rings. The summed E-state index contributed by atoms with van der Waals surface area (Å²) in [4.78, 5) is 73.0. The number of ketones is 6. The number of aliphatic hydroxyl groups is 3. The first kappa shape index (κ1) is 103. The molecule has 0 aliphatic heterocycles. The first-order valence-corrected chi connectivity index (χ1v) is 51.1. The number of Topliss-reactive ketones (excluding diaryl/α,β-unsaturated/α-hetero) is 6. The Labute approximate surface area is 733 Å². The van der Waals surface area contributed by atoms with Crippen molar-refractivity contribution in [3.8, 4) is 0 Å². The molecule has 12 rings (SSSR count). The van der Waals surface area contributed by atoms with Gasteiger partial charge >= 0.3 is 0 Å². The average Bonchev–Trinajstić information content (AvgIpc) is 1.66. The van der Waals surface area contributed by atoms with E-state index in [4.69, 9.17) is 0 Å². The monoisotopic (exact) mass is 1660 g/mol. The maximum atomic E-state index is 12.2. The average molecular weight is 1660 g/mol. The van der Waals surface area contributed by atoms with Crippen molar-refractivity contribution < 1.29 is 44.1 Å². The molecule has 12 aliphatic carbocycles. The Morgan fingerprint density at radius 1 is 0.303 bits per heavy atom. The minimum absolute atomic E-state index is 0.151. The van der Waals surface area contributed by atoms with Gasteiger partial charge in [-0.25, -0.2) is 0 Å². The molecule has 9 nitrogen and oxygen atoms in total. The minimum Gasteiger partial charge on any atom is -0.390 e. The highest BCUT2D eigenvalue weighted by Crippen LogP contribution is 2.63. The summed E-state index contributed by atoms with van der Waals surface area (Å²) < 4.78 is 0. The van der Waals surface area contributed by atoms with Gasteiger partial charge in [0.25, 0.3) is 0 Å². The Morgan fingerprint density at radius 3 is 0.739 bits per heavy atom. The van der Waals surface area contributed by atoms with Gasteiger partial charge in [-0.05, 0) is 336 Å². The van der Waals surface area contributed by atoms with E-state index >= 15 is 0 Å².